The first-order valence-corrected chi connectivity index (χ1v) is 13.5. The highest BCUT2D eigenvalue weighted by atomic mass is 16.5. The number of para-hydroxylation sites is 3. The molecule has 186 valence electrons. The number of ether oxygens (including phenoxy) is 1. The molecule has 7 aromatic rings. The van der Waals surface area contributed by atoms with Gasteiger partial charge in [0, 0.05) is 38.8 Å². The molecule has 0 radical (unpaired) electrons. The van der Waals surface area contributed by atoms with Crippen molar-refractivity contribution in [2.75, 3.05) is 0 Å². The van der Waals surface area contributed by atoms with Gasteiger partial charge < -0.3 is 13.9 Å². The number of nitrogens with zero attached hydrogens (tertiary/aromatic N) is 2. The number of hydrogen-bond acceptors (Lipinski definition) is 1. The molecule has 3 heteroatoms. The van der Waals surface area contributed by atoms with Crippen LogP contribution in [0.2, 0.25) is 0 Å². The Morgan fingerprint density at radius 1 is 0.487 bits per heavy atom. The molecule has 0 N–H and O–H groups in total. The average Bonchev–Trinajstić information content (AvgIpc) is 3.51. The summed E-state index contributed by atoms with van der Waals surface area (Å²) in [4.78, 5) is 0. The van der Waals surface area contributed by atoms with E-state index in [4.69, 9.17) is 4.74 Å². The quantitative estimate of drug-likeness (QED) is 0.234. The highest BCUT2D eigenvalue weighted by Crippen LogP contribution is 2.35. The molecule has 3 nitrogen and oxygen atoms in total. The van der Waals surface area contributed by atoms with E-state index < -0.39 is 0 Å². The first-order chi connectivity index (χ1) is 19.3. The second kappa shape index (κ2) is 8.78. The second-order valence-electron chi connectivity index (χ2n) is 10.1. The van der Waals surface area contributed by atoms with Crippen LogP contribution in [0.3, 0.4) is 0 Å². The molecule has 2 heterocycles. The summed E-state index contributed by atoms with van der Waals surface area (Å²) in [6.45, 7) is 0. The summed E-state index contributed by atoms with van der Waals surface area (Å²) in [6.07, 6.45) is 6.69. The van der Waals surface area contributed by atoms with Gasteiger partial charge in [-0.15, -0.1) is 0 Å². The number of fused-ring (bicyclic) bond motifs is 6. The summed E-state index contributed by atoms with van der Waals surface area (Å²) < 4.78 is 11.0. The molecular formula is C36H26N2O. The Balaban J connectivity index is 1.11. The molecule has 8 rings (SSSR count). The Labute approximate surface area is 226 Å². The first-order valence-electron chi connectivity index (χ1n) is 13.5. The molecule has 0 saturated carbocycles. The van der Waals surface area contributed by atoms with E-state index in [-0.39, 0.29) is 0 Å². The number of benzene rings is 5. The van der Waals surface area contributed by atoms with E-state index in [1.54, 1.807) is 0 Å². The second-order valence-corrected chi connectivity index (χ2v) is 10.1. The molecule has 2 aromatic heterocycles. The van der Waals surface area contributed by atoms with Crippen molar-refractivity contribution in [2.24, 2.45) is 0 Å². The maximum absolute atomic E-state index is 6.27. The lowest BCUT2D eigenvalue weighted by atomic mass is 10.0. The zero-order valence-corrected chi connectivity index (χ0v) is 21.4. The highest BCUT2D eigenvalue weighted by molar-refractivity contribution is 6.09. The van der Waals surface area contributed by atoms with E-state index in [1.807, 2.05) is 0 Å². The van der Waals surface area contributed by atoms with Crippen molar-refractivity contribution in [3.8, 4) is 22.9 Å². The molecule has 0 amide bonds. The van der Waals surface area contributed by atoms with Gasteiger partial charge in [0.05, 0.1) is 16.6 Å². The zero-order valence-electron chi connectivity index (χ0n) is 21.4. The number of aromatic nitrogens is 2. The van der Waals surface area contributed by atoms with Crippen molar-refractivity contribution in [2.45, 2.75) is 12.8 Å². The van der Waals surface area contributed by atoms with Gasteiger partial charge in [-0.3, -0.25) is 0 Å². The summed E-state index contributed by atoms with van der Waals surface area (Å²) in [5.41, 5.74) is 8.68. The van der Waals surface area contributed by atoms with Crippen LogP contribution in [0.5, 0.6) is 11.5 Å². The van der Waals surface area contributed by atoms with Crippen molar-refractivity contribution >= 4 is 38.8 Å². The van der Waals surface area contributed by atoms with Crippen molar-refractivity contribution in [1.29, 1.82) is 0 Å². The SMILES string of the molecule is C1=Cc2c(n(-c3ccc(Oc4ccc(-n5c6ccccc6c6ccccc65)cc4)cc3)c3ccccc23)CC1. The van der Waals surface area contributed by atoms with Crippen LogP contribution in [-0.4, -0.2) is 9.13 Å². The smallest absolute Gasteiger partial charge is 0.127 e. The normalized spacial score (nSPS) is 12.8. The minimum Gasteiger partial charge on any atom is -0.457 e. The van der Waals surface area contributed by atoms with E-state index >= 15 is 0 Å². The third kappa shape index (κ3) is 3.51. The Kier molecular flexibility index (Phi) is 4.95. The molecule has 0 aliphatic heterocycles. The van der Waals surface area contributed by atoms with Gasteiger partial charge in [0.1, 0.15) is 11.5 Å². The molecule has 0 saturated heterocycles. The minimum absolute atomic E-state index is 0.821. The van der Waals surface area contributed by atoms with Crippen molar-refractivity contribution in [3.05, 3.63) is 139 Å². The van der Waals surface area contributed by atoms with Crippen molar-refractivity contribution in [1.82, 2.24) is 9.13 Å². The Bertz CT molecular complexity index is 1970. The third-order valence-electron chi connectivity index (χ3n) is 7.85. The van der Waals surface area contributed by atoms with Crippen LogP contribution in [0, 0.1) is 0 Å². The van der Waals surface area contributed by atoms with Gasteiger partial charge in [-0.05, 0) is 79.6 Å². The Morgan fingerprint density at radius 2 is 0.974 bits per heavy atom. The van der Waals surface area contributed by atoms with Gasteiger partial charge >= 0.3 is 0 Å². The monoisotopic (exact) mass is 502 g/mol. The number of allylic oxidation sites excluding steroid dienone is 1. The fourth-order valence-electron chi connectivity index (χ4n) is 6.13. The maximum atomic E-state index is 6.27. The molecule has 39 heavy (non-hydrogen) atoms. The van der Waals surface area contributed by atoms with Gasteiger partial charge in [-0.1, -0.05) is 66.7 Å². The summed E-state index contributed by atoms with van der Waals surface area (Å²) in [6, 6.07) is 42.7. The molecule has 0 atom stereocenters. The molecule has 1 aliphatic rings. The molecule has 0 bridgehead atoms. The summed E-state index contributed by atoms with van der Waals surface area (Å²) in [5, 5.41) is 3.84. The molecule has 0 spiro atoms. The van der Waals surface area contributed by atoms with Gasteiger partial charge in [0.25, 0.3) is 0 Å². The largest absolute Gasteiger partial charge is 0.457 e. The Hall–Kier alpha value is -5.02. The molecule has 0 fully saturated rings. The zero-order chi connectivity index (χ0) is 25.8. The van der Waals surface area contributed by atoms with Crippen molar-refractivity contribution < 1.29 is 4.74 Å². The first kappa shape index (κ1) is 22.0. The van der Waals surface area contributed by atoms with Crippen LogP contribution >= 0.6 is 0 Å². The van der Waals surface area contributed by atoms with E-state index in [1.165, 1.54) is 44.0 Å². The lowest BCUT2D eigenvalue weighted by molar-refractivity contribution is 0.482. The third-order valence-corrected chi connectivity index (χ3v) is 7.85. The van der Waals surface area contributed by atoms with E-state index in [0.717, 1.165) is 35.7 Å². The highest BCUT2D eigenvalue weighted by Gasteiger charge is 2.18. The van der Waals surface area contributed by atoms with Gasteiger partial charge in [-0.2, -0.15) is 0 Å². The van der Waals surface area contributed by atoms with Gasteiger partial charge in [0.15, 0.2) is 0 Å². The summed E-state index contributed by atoms with van der Waals surface area (Å²) in [5.74, 6) is 1.65. The lowest BCUT2D eigenvalue weighted by Gasteiger charge is -2.14. The van der Waals surface area contributed by atoms with Crippen LogP contribution < -0.4 is 4.74 Å². The van der Waals surface area contributed by atoms with Crippen LogP contribution in [0.4, 0.5) is 0 Å². The average molecular weight is 503 g/mol. The van der Waals surface area contributed by atoms with Gasteiger partial charge in [0.2, 0.25) is 0 Å². The molecular weight excluding hydrogens is 476 g/mol. The minimum atomic E-state index is 0.821. The lowest BCUT2D eigenvalue weighted by Crippen LogP contribution is -2.02. The topological polar surface area (TPSA) is 19.1 Å². The predicted molar refractivity (Wildman–Crippen MR) is 161 cm³/mol. The standard InChI is InChI=1S/C36H26N2O/c1-5-13-33-29(9-1)30-10-2-6-14-34(30)37(33)25-17-21-27(22-18-25)39-28-23-19-26(20-24-28)38-35-15-7-3-11-31(35)32-12-4-8-16-36(32)38/h1-7,9-15,17-24H,8,16H2. The summed E-state index contributed by atoms with van der Waals surface area (Å²) in [7, 11) is 0. The van der Waals surface area contributed by atoms with Crippen LogP contribution in [0.25, 0.3) is 50.2 Å². The van der Waals surface area contributed by atoms with Gasteiger partial charge in [-0.25, -0.2) is 0 Å². The van der Waals surface area contributed by atoms with E-state index in [0.29, 0.717) is 0 Å². The van der Waals surface area contributed by atoms with Crippen molar-refractivity contribution in [3.63, 3.8) is 0 Å². The van der Waals surface area contributed by atoms with Crippen LogP contribution in [-0.2, 0) is 6.42 Å². The fraction of sp³-hybridized carbons (Fsp3) is 0.0556. The number of hydrogen-bond donors (Lipinski definition) is 0. The van der Waals surface area contributed by atoms with E-state index in [9.17, 15) is 0 Å². The number of rotatable bonds is 4. The summed E-state index contributed by atoms with van der Waals surface area (Å²) >= 11 is 0. The predicted octanol–water partition coefficient (Wildman–Crippen LogP) is 9.48. The van der Waals surface area contributed by atoms with E-state index in [2.05, 4.69) is 143 Å². The van der Waals surface area contributed by atoms with Crippen LogP contribution in [0.1, 0.15) is 17.7 Å². The van der Waals surface area contributed by atoms with Crippen LogP contribution in [0.15, 0.2) is 127 Å². The Morgan fingerprint density at radius 3 is 1.56 bits per heavy atom. The fourth-order valence-corrected chi connectivity index (χ4v) is 6.13. The molecule has 1 aliphatic carbocycles. The molecule has 0 unspecified atom stereocenters. The maximum Gasteiger partial charge on any atom is 0.127 e. The molecule has 5 aromatic carbocycles.